The molecule has 0 aliphatic carbocycles. The molecule has 5 aromatic rings. The number of hydrogen-bond donors (Lipinski definition) is 3. The minimum absolute atomic E-state index is 0.0534. The first-order valence-corrected chi connectivity index (χ1v) is 16.0. The van der Waals surface area contributed by atoms with Gasteiger partial charge in [-0.25, -0.2) is 9.37 Å². The van der Waals surface area contributed by atoms with E-state index in [2.05, 4.69) is 20.9 Å². The molecule has 0 saturated heterocycles. The highest BCUT2D eigenvalue weighted by Gasteiger charge is 2.18. The average molecular weight is 688 g/mol. The van der Waals surface area contributed by atoms with E-state index in [1.54, 1.807) is 72.1 Å². The Morgan fingerprint density at radius 3 is 2.43 bits per heavy atom. The Kier molecular flexibility index (Phi) is 10.7. The van der Waals surface area contributed by atoms with Gasteiger partial charge in [-0.2, -0.15) is 0 Å². The number of rotatable bonds is 11. The molecule has 5 rings (SSSR count). The molecule has 236 valence electrons. The summed E-state index contributed by atoms with van der Waals surface area (Å²) >= 11 is 8.62. The molecule has 0 saturated carbocycles. The van der Waals surface area contributed by atoms with E-state index in [1.807, 2.05) is 0 Å². The third-order valence-corrected chi connectivity index (χ3v) is 8.50. The lowest BCUT2D eigenvalue weighted by atomic mass is 10.1. The standard InChI is InChI=1S/C33H23ClFN5O5S2/c34-26-10-5-11-27(35)25(26)17-28(37-31(42)20-6-2-1-3-7-20)32(43)36-22-12-14-24(15-13-22)46-19-30(41)39-33-38-29(18-47-33)21-8-4-9-23(16-21)40(44)45/h1-18H,19H2,(H,36,43)(H,37,42)(H,38,39,41)/b28-17-. The van der Waals surface area contributed by atoms with Crippen molar-refractivity contribution < 1.29 is 23.7 Å². The van der Waals surface area contributed by atoms with Crippen molar-refractivity contribution in [2.24, 2.45) is 0 Å². The summed E-state index contributed by atoms with van der Waals surface area (Å²) in [5, 5.41) is 21.1. The quantitative estimate of drug-likeness (QED) is 0.0560. The molecule has 1 aromatic heterocycles. The van der Waals surface area contributed by atoms with Gasteiger partial charge in [-0.3, -0.25) is 24.5 Å². The Labute approximate surface area is 280 Å². The van der Waals surface area contributed by atoms with Crippen LogP contribution >= 0.6 is 34.7 Å². The second-order valence-electron chi connectivity index (χ2n) is 9.67. The van der Waals surface area contributed by atoms with Crippen LogP contribution in [0.1, 0.15) is 15.9 Å². The van der Waals surface area contributed by atoms with E-state index in [-0.39, 0.29) is 33.6 Å². The number of thiazole rings is 1. The van der Waals surface area contributed by atoms with Crippen molar-refractivity contribution >= 4 is 75.0 Å². The van der Waals surface area contributed by atoms with Crippen molar-refractivity contribution in [2.75, 3.05) is 16.4 Å². The maximum atomic E-state index is 14.5. The maximum absolute atomic E-state index is 14.5. The molecule has 0 bridgehead atoms. The molecular weight excluding hydrogens is 665 g/mol. The molecule has 0 atom stereocenters. The Morgan fingerprint density at radius 2 is 1.70 bits per heavy atom. The van der Waals surface area contributed by atoms with E-state index in [9.17, 15) is 28.9 Å². The fraction of sp³-hybridized carbons (Fsp3) is 0.0303. The lowest BCUT2D eigenvalue weighted by Crippen LogP contribution is -2.30. The minimum atomic E-state index is -0.707. The van der Waals surface area contributed by atoms with Gasteiger partial charge in [0, 0.05) is 44.8 Å². The zero-order valence-corrected chi connectivity index (χ0v) is 26.5. The summed E-state index contributed by atoms with van der Waals surface area (Å²) in [6.45, 7) is 0. The third kappa shape index (κ3) is 8.88. The Balaban J connectivity index is 1.20. The van der Waals surface area contributed by atoms with Crippen molar-refractivity contribution in [3.63, 3.8) is 0 Å². The second-order valence-corrected chi connectivity index (χ2v) is 12.0. The van der Waals surface area contributed by atoms with Crippen molar-refractivity contribution in [1.82, 2.24) is 10.3 Å². The van der Waals surface area contributed by atoms with Gasteiger partial charge in [0.15, 0.2) is 5.13 Å². The van der Waals surface area contributed by atoms with Gasteiger partial charge in [-0.05, 0) is 54.6 Å². The summed E-state index contributed by atoms with van der Waals surface area (Å²) in [6.07, 6.45) is 1.17. The molecule has 0 radical (unpaired) electrons. The first kappa shape index (κ1) is 33.0. The molecule has 1 heterocycles. The summed E-state index contributed by atoms with van der Waals surface area (Å²) < 4.78 is 14.5. The number of benzene rings is 4. The van der Waals surface area contributed by atoms with Crippen LogP contribution in [0.5, 0.6) is 0 Å². The van der Waals surface area contributed by atoms with E-state index < -0.39 is 22.6 Å². The zero-order valence-electron chi connectivity index (χ0n) is 24.1. The first-order chi connectivity index (χ1) is 22.7. The summed E-state index contributed by atoms with van der Waals surface area (Å²) in [7, 11) is 0. The topological polar surface area (TPSA) is 143 Å². The predicted octanol–water partition coefficient (Wildman–Crippen LogP) is 7.65. The van der Waals surface area contributed by atoms with E-state index in [0.29, 0.717) is 27.6 Å². The van der Waals surface area contributed by atoms with E-state index in [0.717, 1.165) is 4.90 Å². The number of aromatic nitrogens is 1. The molecule has 47 heavy (non-hydrogen) atoms. The molecule has 10 nitrogen and oxygen atoms in total. The molecule has 0 unspecified atom stereocenters. The van der Waals surface area contributed by atoms with Crippen LogP contribution in [-0.2, 0) is 9.59 Å². The summed E-state index contributed by atoms with van der Waals surface area (Å²) in [4.78, 5) is 54.3. The maximum Gasteiger partial charge on any atom is 0.272 e. The zero-order chi connectivity index (χ0) is 33.3. The smallest absolute Gasteiger partial charge is 0.272 e. The van der Waals surface area contributed by atoms with Gasteiger partial charge in [0.25, 0.3) is 17.5 Å². The Bertz CT molecular complexity index is 1970. The number of amides is 3. The molecule has 14 heteroatoms. The van der Waals surface area contributed by atoms with Crippen LogP contribution in [0.3, 0.4) is 0 Å². The number of non-ortho nitro benzene ring substituents is 1. The number of anilines is 2. The molecular formula is C33H23ClFN5O5S2. The molecule has 0 spiro atoms. The lowest BCUT2D eigenvalue weighted by Gasteiger charge is -2.12. The molecule has 4 aromatic carbocycles. The van der Waals surface area contributed by atoms with Gasteiger partial charge in [0.05, 0.1) is 21.4 Å². The van der Waals surface area contributed by atoms with Crippen LogP contribution in [0, 0.1) is 15.9 Å². The van der Waals surface area contributed by atoms with Crippen LogP contribution < -0.4 is 16.0 Å². The summed E-state index contributed by atoms with van der Waals surface area (Å²) in [5.41, 5.74) is 1.42. The Hall–Kier alpha value is -5.37. The molecule has 3 amide bonds. The lowest BCUT2D eigenvalue weighted by molar-refractivity contribution is -0.384. The average Bonchev–Trinajstić information content (AvgIpc) is 3.54. The highest BCUT2D eigenvalue weighted by atomic mass is 35.5. The summed E-state index contributed by atoms with van der Waals surface area (Å²) in [6, 6.07) is 25.1. The van der Waals surface area contributed by atoms with Crippen LogP contribution in [0.15, 0.2) is 113 Å². The van der Waals surface area contributed by atoms with Crippen molar-refractivity contribution in [3.8, 4) is 11.3 Å². The van der Waals surface area contributed by atoms with Gasteiger partial charge in [0.2, 0.25) is 5.91 Å². The summed E-state index contributed by atoms with van der Waals surface area (Å²) in [5.74, 6) is -2.18. The van der Waals surface area contributed by atoms with Crippen molar-refractivity contribution in [3.05, 3.63) is 140 Å². The van der Waals surface area contributed by atoms with Crippen LogP contribution in [0.2, 0.25) is 5.02 Å². The number of hydrogen-bond acceptors (Lipinski definition) is 8. The van der Waals surface area contributed by atoms with Crippen LogP contribution in [0.4, 0.5) is 20.9 Å². The number of nitro benzene ring substituents is 1. The molecule has 0 aliphatic rings. The Morgan fingerprint density at radius 1 is 0.957 bits per heavy atom. The van der Waals surface area contributed by atoms with Gasteiger partial charge < -0.3 is 16.0 Å². The van der Waals surface area contributed by atoms with Gasteiger partial charge in [-0.15, -0.1) is 23.1 Å². The largest absolute Gasteiger partial charge is 0.321 e. The first-order valence-electron chi connectivity index (χ1n) is 13.7. The third-order valence-electron chi connectivity index (χ3n) is 6.40. The number of thioether (sulfide) groups is 1. The molecule has 0 aliphatic heterocycles. The highest BCUT2D eigenvalue weighted by Crippen LogP contribution is 2.28. The normalized spacial score (nSPS) is 11.1. The van der Waals surface area contributed by atoms with Crippen LogP contribution in [-0.4, -0.2) is 33.4 Å². The fourth-order valence-corrected chi connectivity index (χ4v) is 5.77. The molecule has 0 fully saturated rings. The van der Waals surface area contributed by atoms with E-state index in [4.69, 9.17) is 11.6 Å². The van der Waals surface area contributed by atoms with Gasteiger partial charge >= 0.3 is 0 Å². The number of nitro groups is 1. The van der Waals surface area contributed by atoms with Crippen LogP contribution in [0.25, 0.3) is 17.3 Å². The fourth-order valence-electron chi connectivity index (χ4n) is 4.12. The van der Waals surface area contributed by atoms with Crippen molar-refractivity contribution in [2.45, 2.75) is 4.90 Å². The van der Waals surface area contributed by atoms with Gasteiger partial charge in [-0.1, -0.05) is 48.0 Å². The predicted molar refractivity (Wildman–Crippen MR) is 182 cm³/mol. The monoisotopic (exact) mass is 687 g/mol. The number of nitrogens with one attached hydrogen (secondary N) is 3. The second kappa shape index (κ2) is 15.3. The van der Waals surface area contributed by atoms with Gasteiger partial charge in [0.1, 0.15) is 11.5 Å². The van der Waals surface area contributed by atoms with Crippen molar-refractivity contribution in [1.29, 1.82) is 0 Å². The highest BCUT2D eigenvalue weighted by molar-refractivity contribution is 8.00. The number of carbonyl (C=O) groups excluding carboxylic acids is 3. The number of carbonyl (C=O) groups is 3. The minimum Gasteiger partial charge on any atom is -0.321 e. The number of nitrogens with zero attached hydrogens (tertiary/aromatic N) is 2. The number of halogens is 2. The molecule has 3 N–H and O–H groups in total. The SMILES string of the molecule is O=C(CSc1ccc(NC(=O)/C(=C/c2c(F)cccc2Cl)NC(=O)c2ccccc2)cc1)Nc1nc(-c2cccc([N+](=O)[O-])c2)cs1. The van der Waals surface area contributed by atoms with E-state index >= 15 is 0 Å². The van der Waals surface area contributed by atoms with E-state index in [1.165, 1.54) is 59.5 Å².